The van der Waals surface area contributed by atoms with Crippen molar-refractivity contribution in [3.05, 3.63) is 0 Å². The maximum Gasteiger partial charge on any atom is 0.323 e. The van der Waals surface area contributed by atoms with E-state index in [0.29, 0.717) is 12.5 Å². The van der Waals surface area contributed by atoms with E-state index in [-0.39, 0.29) is 12.0 Å². The number of likely N-dealkylation sites (N-methyl/N-ethyl adjacent to an activating group) is 1. The molecule has 0 aromatic heterocycles. The van der Waals surface area contributed by atoms with Gasteiger partial charge >= 0.3 is 5.97 Å². The van der Waals surface area contributed by atoms with E-state index in [1.165, 1.54) is 0 Å². The molecule has 0 radical (unpaired) electrons. The topological polar surface area (TPSA) is 29.5 Å². The SMILES string of the molecule is CCCOC(=O)[C@H](C(C)C)N(C)C. The molecule has 78 valence electrons. The summed E-state index contributed by atoms with van der Waals surface area (Å²) in [7, 11) is 3.80. The first-order valence-corrected chi connectivity index (χ1v) is 4.83. The average Bonchev–Trinajstić information content (AvgIpc) is 1.99. The zero-order valence-electron chi connectivity index (χ0n) is 9.33. The summed E-state index contributed by atoms with van der Waals surface area (Å²) in [5.74, 6) is 0.182. The first-order chi connectivity index (χ1) is 6.00. The quantitative estimate of drug-likeness (QED) is 0.611. The van der Waals surface area contributed by atoms with Crippen molar-refractivity contribution in [3.63, 3.8) is 0 Å². The van der Waals surface area contributed by atoms with E-state index >= 15 is 0 Å². The van der Waals surface area contributed by atoms with Gasteiger partial charge in [-0.25, -0.2) is 0 Å². The Labute approximate surface area is 81.1 Å². The average molecular weight is 187 g/mol. The summed E-state index contributed by atoms with van der Waals surface area (Å²) in [6.45, 7) is 6.57. The third-order valence-electron chi connectivity index (χ3n) is 1.88. The van der Waals surface area contributed by atoms with Crippen LogP contribution in [0.5, 0.6) is 0 Å². The number of ether oxygens (including phenoxy) is 1. The molecule has 0 aliphatic carbocycles. The Morgan fingerprint density at radius 3 is 2.23 bits per heavy atom. The summed E-state index contributed by atoms with van der Waals surface area (Å²) in [6, 6.07) is -0.119. The summed E-state index contributed by atoms with van der Waals surface area (Å²) in [4.78, 5) is 13.4. The highest BCUT2D eigenvalue weighted by atomic mass is 16.5. The Hall–Kier alpha value is -0.570. The summed E-state index contributed by atoms with van der Waals surface area (Å²) in [5.41, 5.74) is 0. The lowest BCUT2D eigenvalue weighted by atomic mass is 10.0. The minimum atomic E-state index is -0.119. The molecule has 0 unspecified atom stereocenters. The van der Waals surface area contributed by atoms with E-state index in [2.05, 4.69) is 0 Å². The van der Waals surface area contributed by atoms with Crippen molar-refractivity contribution in [1.29, 1.82) is 0 Å². The highest BCUT2D eigenvalue weighted by Gasteiger charge is 2.25. The summed E-state index contributed by atoms with van der Waals surface area (Å²) in [6.07, 6.45) is 0.879. The predicted octanol–water partition coefficient (Wildman–Crippen LogP) is 1.53. The molecule has 1 atom stereocenters. The van der Waals surface area contributed by atoms with Gasteiger partial charge in [0.25, 0.3) is 0 Å². The van der Waals surface area contributed by atoms with Crippen LogP contribution < -0.4 is 0 Å². The number of carbonyl (C=O) groups excluding carboxylic acids is 1. The van der Waals surface area contributed by atoms with Gasteiger partial charge in [0.15, 0.2) is 0 Å². The van der Waals surface area contributed by atoms with Gasteiger partial charge in [0.2, 0.25) is 0 Å². The van der Waals surface area contributed by atoms with Crippen LogP contribution in [-0.2, 0) is 9.53 Å². The Bertz CT molecular complexity index is 147. The monoisotopic (exact) mass is 187 g/mol. The molecule has 0 saturated heterocycles. The molecule has 13 heavy (non-hydrogen) atoms. The second-order valence-corrected chi connectivity index (χ2v) is 3.82. The molecule has 0 saturated carbocycles. The van der Waals surface area contributed by atoms with Crippen molar-refractivity contribution >= 4 is 5.97 Å². The summed E-state index contributed by atoms with van der Waals surface area (Å²) < 4.78 is 5.10. The molecule has 0 aromatic rings. The van der Waals surface area contributed by atoms with Crippen LogP contribution in [0.25, 0.3) is 0 Å². The standard InChI is InChI=1S/C10H21NO2/c1-6-7-13-10(12)9(8(2)3)11(4)5/h8-9H,6-7H2,1-5H3/t9-/m0/s1. The fraction of sp³-hybridized carbons (Fsp3) is 0.900. The van der Waals surface area contributed by atoms with E-state index in [1.54, 1.807) is 0 Å². The van der Waals surface area contributed by atoms with Gasteiger partial charge in [-0.3, -0.25) is 9.69 Å². The van der Waals surface area contributed by atoms with E-state index < -0.39 is 0 Å². The number of carbonyl (C=O) groups is 1. The van der Waals surface area contributed by atoms with Crippen LogP contribution in [0, 0.1) is 5.92 Å². The molecule has 0 N–H and O–H groups in total. The Balaban J connectivity index is 4.13. The normalized spacial score (nSPS) is 13.5. The Morgan fingerprint density at radius 2 is 1.92 bits per heavy atom. The number of hydrogen-bond acceptors (Lipinski definition) is 3. The minimum absolute atomic E-state index is 0.109. The zero-order valence-corrected chi connectivity index (χ0v) is 9.33. The Morgan fingerprint density at radius 1 is 1.38 bits per heavy atom. The van der Waals surface area contributed by atoms with Gasteiger partial charge < -0.3 is 4.74 Å². The molecule has 0 amide bonds. The molecular weight excluding hydrogens is 166 g/mol. The molecule has 0 aromatic carbocycles. The van der Waals surface area contributed by atoms with Gasteiger partial charge in [0.1, 0.15) is 6.04 Å². The van der Waals surface area contributed by atoms with Gasteiger partial charge in [-0.05, 0) is 26.4 Å². The second-order valence-electron chi connectivity index (χ2n) is 3.82. The van der Waals surface area contributed by atoms with Gasteiger partial charge in [-0.15, -0.1) is 0 Å². The van der Waals surface area contributed by atoms with Crippen molar-refractivity contribution in [2.45, 2.75) is 33.2 Å². The number of hydrogen-bond donors (Lipinski definition) is 0. The van der Waals surface area contributed by atoms with Crippen LogP contribution in [0.2, 0.25) is 0 Å². The molecule has 0 heterocycles. The number of rotatable bonds is 5. The molecule has 0 aliphatic rings. The third-order valence-corrected chi connectivity index (χ3v) is 1.88. The summed E-state index contributed by atoms with van der Waals surface area (Å²) in [5, 5.41) is 0. The van der Waals surface area contributed by atoms with Crippen molar-refractivity contribution in [1.82, 2.24) is 4.90 Å². The van der Waals surface area contributed by atoms with E-state index in [1.807, 2.05) is 39.8 Å². The first kappa shape index (κ1) is 12.4. The number of nitrogens with zero attached hydrogens (tertiary/aromatic N) is 1. The van der Waals surface area contributed by atoms with Crippen molar-refractivity contribution in [2.75, 3.05) is 20.7 Å². The van der Waals surface area contributed by atoms with Crippen molar-refractivity contribution < 1.29 is 9.53 Å². The predicted molar refractivity (Wildman–Crippen MR) is 53.6 cm³/mol. The minimum Gasteiger partial charge on any atom is -0.465 e. The molecule has 0 aliphatic heterocycles. The lowest BCUT2D eigenvalue weighted by Gasteiger charge is -2.25. The van der Waals surface area contributed by atoms with E-state index in [0.717, 1.165) is 6.42 Å². The maximum atomic E-state index is 11.5. The van der Waals surface area contributed by atoms with Crippen LogP contribution in [0.3, 0.4) is 0 Å². The third kappa shape index (κ3) is 4.27. The van der Waals surface area contributed by atoms with Crippen molar-refractivity contribution in [3.8, 4) is 0 Å². The van der Waals surface area contributed by atoms with Crippen LogP contribution in [0.1, 0.15) is 27.2 Å². The molecule has 0 rings (SSSR count). The fourth-order valence-electron chi connectivity index (χ4n) is 1.37. The van der Waals surface area contributed by atoms with Gasteiger partial charge in [0.05, 0.1) is 6.61 Å². The van der Waals surface area contributed by atoms with E-state index in [4.69, 9.17) is 4.74 Å². The zero-order chi connectivity index (χ0) is 10.4. The molecule has 3 heteroatoms. The molecular formula is C10H21NO2. The van der Waals surface area contributed by atoms with Gasteiger partial charge in [0, 0.05) is 0 Å². The largest absolute Gasteiger partial charge is 0.465 e. The molecule has 3 nitrogen and oxygen atoms in total. The second kappa shape index (κ2) is 5.97. The van der Waals surface area contributed by atoms with Crippen LogP contribution in [0.4, 0.5) is 0 Å². The highest BCUT2D eigenvalue weighted by molar-refractivity contribution is 5.76. The fourth-order valence-corrected chi connectivity index (χ4v) is 1.37. The maximum absolute atomic E-state index is 11.5. The smallest absolute Gasteiger partial charge is 0.323 e. The summed E-state index contributed by atoms with van der Waals surface area (Å²) >= 11 is 0. The Kier molecular flexibility index (Phi) is 5.71. The lowest BCUT2D eigenvalue weighted by molar-refractivity contribution is -0.150. The van der Waals surface area contributed by atoms with Crippen LogP contribution >= 0.6 is 0 Å². The lowest BCUT2D eigenvalue weighted by Crippen LogP contribution is -2.41. The molecule has 0 bridgehead atoms. The van der Waals surface area contributed by atoms with Crippen LogP contribution in [-0.4, -0.2) is 37.6 Å². The molecule has 0 fully saturated rings. The molecule has 0 spiro atoms. The van der Waals surface area contributed by atoms with Crippen molar-refractivity contribution in [2.24, 2.45) is 5.92 Å². The van der Waals surface area contributed by atoms with E-state index in [9.17, 15) is 4.79 Å². The van der Waals surface area contributed by atoms with Gasteiger partial charge in [-0.1, -0.05) is 20.8 Å². The van der Waals surface area contributed by atoms with Crippen LogP contribution in [0.15, 0.2) is 0 Å². The van der Waals surface area contributed by atoms with Gasteiger partial charge in [-0.2, -0.15) is 0 Å². The first-order valence-electron chi connectivity index (χ1n) is 4.83. The highest BCUT2D eigenvalue weighted by Crippen LogP contribution is 2.09. The number of esters is 1.